The van der Waals surface area contributed by atoms with Gasteiger partial charge in [0.1, 0.15) is 0 Å². The number of carbonyl (C=O) groups is 1. The lowest BCUT2D eigenvalue weighted by molar-refractivity contribution is -0.129. The van der Waals surface area contributed by atoms with E-state index in [1.54, 1.807) is 11.1 Å². The summed E-state index contributed by atoms with van der Waals surface area (Å²) < 4.78 is 0. The molecule has 0 spiro atoms. The lowest BCUT2D eigenvalue weighted by atomic mass is 10.1. The van der Waals surface area contributed by atoms with E-state index in [0.29, 0.717) is 6.54 Å². The number of rotatable bonds is 3. The van der Waals surface area contributed by atoms with Crippen LogP contribution in [-0.2, 0) is 11.3 Å². The van der Waals surface area contributed by atoms with Gasteiger partial charge in [0.25, 0.3) is 0 Å². The first-order valence-electron chi connectivity index (χ1n) is 5.57. The molecule has 1 heterocycles. The summed E-state index contributed by atoms with van der Waals surface area (Å²) in [5, 5.41) is 3.48. The van der Waals surface area contributed by atoms with Crippen molar-refractivity contribution in [2.45, 2.75) is 19.0 Å². The predicted molar refractivity (Wildman–Crippen MR) is 66.2 cm³/mol. The average molecular weight is 232 g/mol. The highest BCUT2D eigenvalue weighted by molar-refractivity contribution is 5.83. The van der Waals surface area contributed by atoms with Crippen LogP contribution in [0.15, 0.2) is 29.4 Å². The Morgan fingerprint density at radius 3 is 3.00 bits per heavy atom. The molecule has 1 saturated heterocycles. The lowest BCUT2D eigenvalue weighted by Crippen LogP contribution is -2.33. The molecule has 1 aliphatic rings. The largest absolute Gasteiger partial charge is 0.337 e. The molecule has 0 aromatic heterocycles. The van der Waals surface area contributed by atoms with Gasteiger partial charge in [-0.3, -0.25) is 4.79 Å². The molecule has 1 fully saturated rings. The zero-order valence-electron chi connectivity index (χ0n) is 9.54. The van der Waals surface area contributed by atoms with Crippen LogP contribution < -0.4 is 11.6 Å². The minimum Gasteiger partial charge on any atom is -0.337 e. The number of hydrogen-bond donors (Lipinski definition) is 2. The van der Waals surface area contributed by atoms with Gasteiger partial charge in [-0.15, -0.1) is 0 Å². The Bertz CT molecular complexity index is 444. The molecule has 2 rings (SSSR count). The summed E-state index contributed by atoms with van der Waals surface area (Å²) >= 11 is 0. The Hall–Kier alpha value is -1.88. The van der Waals surface area contributed by atoms with Crippen molar-refractivity contribution in [3.05, 3.63) is 35.4 Å². The molecule has 1 aromatic rings. The molecule has 0 aliphatic carbocycles. The zero-order chi connectivity index (χ0) is 12.3. The average Bonchev–Trinajstić information content (AvgIpc) is 2.62. The molecule has 0 unspecified atom stereocenters. The summed E-state index contributed by atoms with van der Waals surface area (Å²) in [4.78, 5) is 13.5. The monoisotopic (exact) mass is 232 g/mol. The summed E-state index contributed by atoms with van der Waals surface area (Å²) in [6.07, 6.45) is 2.32. The second kappa shape index (κ2) is 4.97. The SMILES string of the molecule is NN=Cc1cccc(CN2CC[C@@H](N)C2=O)c1. The van der Waals surface area contributed by atoms with Crippen molar-refractivity contribution >= 4 is 12.1 Å². The normalized spacial score (nSPS) is 20.4. The van der Waals surface area contributed by atoms with Gasteiger partial charge in [0.15, 0.2) is 0 Å². The fourth-order valence-electron chi connectivity index (χ4n) is 2.00. The molecule has 90 valence electrons. The third-order valence-electron chi connectivity index (χ3n) is 2.89. The quantitative estimate of drug-likeness (QED) is 0.438. The molecular weight excluding hydrogens is 216 g/mol. The van der Waals surface area contributed by atoms with Crippen LogP contribution in [0.3, 0.4) is 0 Å². The minimum absolute atomic E-state index is 0.0305. The molecule has 17 heavy (non-hydrogen) atoms. The summed E-state index contributed by atoms with van der Waals surface area (Å²) in [7, 11) is 0. The fourth-order valence-corrected chi connectivity index (χ4v) is 2.00. The van der Waals surface area contributed by atoms with E-state index in [1.807, 2.05) is 24.3 Å². The van der Waals surface area contributed by atoms with Gasteiger partial charge in [-0.1, -0.05) is 18.2 Å². The van der Waals surface area contributed by atoms with Crippen LogP contribution >= 0.6 is 0 Å². The number of benzene rings is 1. The van der Waals surface area contributed by atoms with Gasteiger partial charge in [-0.05, 0) is 23.6 Å². The van der Waals surface area contributed by atoms with Crippen molar-refractivity contribution in [2.24, 2.45) is 16.7 Å². The fraction of sp³-hybridized carbons (Fsp3) is 0.333. The van der Waals surface area contributed by atoms with Crippen molar-refractivity contribution in [2.75, 3.05) is 6.54 Å². The second-order valence-corrected chi connectivity index (χ2v) is 4.18. The molecule has 1 amide bonds. The van der Waals surface area contributed by atoms with E-state index in [2.05, 4.69) is 5.10 Å². The van der Waals surface area contributed by atoms with Crippen molar-refractivity contribution < 1.29 is 4.79 Å². The van der Waals surface area contributed by atoms with E-state index < -0.39 is 0 Å². The van der Waals surface area contributed by atoms with Crippen LogP contribution in [0.2, 0.25) is 0 Å². The standard InChI is InChI=1S/C12H16N4O/c13-11-4-5-16(12(11)17)8-10-3-1-2-9(6-10)7-15-14/h1-3,6-7,11H,4-5,8,13-14H2/t11-/m1/s1. The maximum Gasteiger partial charge on any atom is 0.239 e. The third kappa shape index (κ3) is 2.62. The first-order valence-corrected chi connectivity index (χ1v) is 5.57. The molecular formula is C12H16N4O. The molecule has 1 aromatic carbocycles. The minimum atomic E-state index is -0.330. The Morgan fingerprint density at radius 1 is 1.53 bits per heavy atom. The molecule has 5 nitrogen and oxygen atoms in total. The van der Waals surface area contributed by atoms with E-state index >= 15 is 0 Å². The van der Waals surface area contributed by atoms with Crippen LogP contribution in [0.1, 0.15) is 17.5 Å². The van der Waals surface area contributed by atoms with Crippen LogP contribution in [0, 0.1) is 0 Å². The van der Waals surface area contributed by atoms with Crippen molar-refractivity contribution in [3.63, 3.8) is 0 Å². The number of likely N-dealkylation sites (tertiary alicyclic amines) is 1. The molecule has 0 radical (unpaired) electrons. The molecule has 1 aliphatic heterocycles. The van der Waals surface area contributed by atoms with Crippen LogP contribution in [0.4, 0.5) is 0 Å². The summed E-state index contributed by atoms with van der Waals surface area (Å²) in [6, 6.07) is 7.45. The smallest absolute Gasteiger partial charge is 0.239 e. The first kappa shape index (κ1) is 11.6. The highest BCUT2D eigenvalue weighted by Crippen LogP contribution is 2.14. The number of nitrogens with zero attached hydrogens (tertiary/aromatic N) is 2. The van der Waals surface area contributed by atoms with E-state index in [4.69, 9.17) is 11.6 Å². The van der Waals surface area contributed by atoms with E-state index in [9.17, 15) is 4.79 Å². The Balaban J connectivity index is 2.08. The van der Waals surface area contributed by atoms with Gasteiger partial charge in [0.05, 0.1) is 12.3 Å². The number of nitrogens with two attached hydrogens (primary N) is 2. The molecule has 0 bridgehead atoms. The van der Waals surface area contributed by atoms with Crippen LogP contribution in [0.25, 0.3) is 0 Å². The topological polar surface area (TPSA) is 84.7 Å². The maximum absolute atomic E-state index is 11.7. The summed E-state index contributed by atoms with van der Waals surface area (Å²) in [6.45, 7) is 1.33. The Morgan fingerprint density at radius 2 is 2.35 bits per heavy atom. The Labute approximate surface area is 100 Å². The molecule has 0 saturated carbocycles. The molecule has 1 atom stereocenters. The second-order valence-electron chi connectivity index (χ2n) is 4.18. The number of carbonyl (C=O) groups excluding carboxylic acids is 1. The molecule has 5 heteroatoms. The number of hydrogen-bond acceptors (Lipinski definition) is 4. The third-order valence-corrected chi connectivity index (χ3v) is 2.89. The van der Waals surface area contributed by atoms with Gasteiger partial charge in [0.2, 0.25) is 5.91 Å². The van der Waals surface area contributed by atoms with Gasteiger partial charge in [-0.2, -0.15) is 5.10 Å². The first-order chi connectivity index (χ1) is 8.20. The highest BCUT2D eigenvalue weighted by atomic mass is 16.2. The van der Waals surface area contributed by atoms with Gasteiger partial charge >= 0.3 is 0 Å². The van der Waals surface area contributed by atoms with Crippen LogP contribution in [0.5, 0.6) is 0 Å². The van der Waals surface area contributed by atoms with Gasteiger partial charge in [0, 0.05) is 13.1 Å². The van der Waals surface area contributed by atoms with Crippen molar-refractivity contribution in [1.29, 1.82) is 0 Å². The number of amides is 1. The van der Waals surface area contributed by atoms with E-state index in [-0.39, 0.29) is 11.9 Å². The van der Waals surface area contributed by atoms with Crippen molar-refractivity contribution in [3.8, 4) is 0 Å². The summed E-state index contributed by atoms with van der Waals surface area (Å²) in [5.74, 6) is 5.13. The van der Waals surface area contributed by atoms with Crippen LogP contribution in [-0.4, -0.2) is 29.6 Å². The maximum atomic E-state index is 11.7. The predicted octanol–water partition coefficient (Wildman–Crippen LogP) is 0.0388. The summed E-state index contributed by atoms with van der Waals surface area (Å²) in [5.41, 5.74) is 7.66. The van der Waals surface area contributed by atoms with Gasteiger partial charge < -0.3 is 16.5 Å². The number of hydrazone groups is 1. The highest BCUT2D eigenvalue weighted by Gasteiger charge is 2.28. The molecule has 4 N–H and O–H groups in total. The van der Waals surface area contributed by atoms with Crippen molar-refractivity contribution in [1.82, 2.24) is 4.90 Å². The lowest BCUT2D eigenvalue weighted by Gasteiger charge is -2.16. The zero-order valence-corrected chi connectivity index (χ0v) is 9.54. The van der Waals surface area contributed by atoms with E-state index in [0.717, 1.165) is 24.1 Å². The Kier molecular flexibility index (Phi) is 3.39. The van der Waals surface area contributed by atoms with E-state index in [1.165, 1.54) is 0 Å². The van der Waals surface area contributed by atoms with Gasteiger partial charge in [-0.25, -0.2) is 0 Å².